The molecule has 90 valence electrons. The summed E-state index contributed by atoms with van der Waals surface area (Å²) in [4.78, 5) is 5.50. The van der Waals surface area contributed by atoms with Crippen LogP contribution in [0.5, 0.6) is 0 Å². The van der Waals surface area contributed by atoms with Crippen molar-refractivity contribution in [3.05, 3.63) is 52.5 Å². The fourth-order valence-corrected chi connectivity index (χ4v) is 2.70. The number of nitrogens with zero attached hydrogens (tertiary/aromatic N) is 1. The number of thiophene rings is 1. The van der Waals surface area contributed by atoms with Crippen LogP contribution in [0.3, 0.4) is 0 Å². The van der Waals surface area contributed by atoms with Gasteiger partial charge in [0.2, 0.25) is 0 Å². The molecule has 17 heavy (non-hydrogen) atoms. The lowest BCUT2D eigenvalue weighted by Gasteiger charge is -2.15. The van der Waals surface area contributed by atoms with E-state index in [2.05, 4.69) is 39.9 Å². The van der Waals surface area contributed by atoms with Crippen LogP contribution in [-0.4, -0.2) is 18.1 Å². The van der Waals surface area contributed by atoms with E-state index in [0.29, 0.717) is 6.04 Å². The minimum Gasteiger partial charge on any atom is -0.317 e. The molecule has 1 atom stereocenters. The van der Waals surface area contributed by atoms with E-state index < -0.39 is 0 Å². The van der Waals surface area contributed by atoms with Crippen molar-refractivity contribution < 1.29 is 0 Å². The van der Waals surface area contributed by atoms with Crippen molar-refractivity contribution in [3.8, 4) is 0 Å². The van der Waals surface area contributed by atoms with Gasteiger partial charge in [-0.25, -0.2) is 0 Å². The Morgan fingerprint density at radius 3 is 2.76 bits per heavy atom. The second-order valence-electron chi connectivity index (χ2n) is 4.16. The number of aryl methyl sites for hydroxylation is 1. The van der Waals surface area contributed by atoms with Gasteiger partial charge in [0, 0.05) is 23.3 Å². The van der Waals surface area contributed by atoms with Crippen LogP contribution in [0.2, 0.25) is 0 Å². The third kappa shape index (κ3) is 3.95. The minimum atomic E-state index is 0.557. The molecule has 1 N–H and O–H groups in total. The molecule has 1 unspecified atom stereocenters. The number of hydrogen-bond acceptors (Lipinski definition) is 3. The number of rotatable bonds is 6. The Balaban J connectivity index is 1.84. The standard InChI is InChI=1S/C14H18N2S/c1-15-13(11-14-3-2-10-17-14)5-4-12-6-8-16-9-7-12/h2-3,6-10,13,15H,4-5,11H2,1H3. The van der Waals surface area contributed by atoms with E-state index in [1.54, 1.807) is 0 Å². The summed E-state index contributed by atoms with van der Waals surface area (Å²) in [5, 5.41) is 5.55. The number of pyridine rings is 1. The second kappa shape index (κ2) is 6.52. The third-order valence-corrected chi connectivity index (χ3v) is 3.87. The van der Waals surface area contributed by atoms with Crippen LogP contribution in [0, 0.1) is 0 Å². The summed E-state index contributed by atoms with van der Waals surface area (Å²) in [6.07, 6.45) is 7.13. The molecule has 0 fully saturated rings. The SMILES string of the molecule is CNC(CCc1ccncc1)Cc1cccs1. The molecule has 0 amide bonds. The van der Waals surface area contributed by atoms with E-state index >= 15 is 0 Å². The number of hydrogen-bond donors (Lipinski definition) is 1. The van der Waals surface area contributed by atoms with Crippen LogP contribution in [0.4, 0.5) is 0 Å². The molecule has 2 aromatic rings. The monoisotopic (exact) mass is 246 g/mol. The number of likely N-dealkylation sites (N-methyl/N-ethyl adjacent to an activating group) is 1. The van der Waals surface area contributed by atoms with Crippen molar-refractivity contribution in [2.75, 3.05) is 7.05 Å². The first-order valence-electron chi connectivity index (χ1n) is 5.97. The molecule has 0 aromatic carbocycles. The molecule has 0 bridgehead atoms. The Morgan fingerprint density at radius 1 is 1.29 bits per heavy atom. The smallest absolute Gasteiger partial charge is 0.0270 e. The molecule has 0 saturated carbocycles. The summed E-state index contributed by atoms with van der Waals surface area (Å²) in [6, 6.07) is 9.08. The molecule has 0 saturated heterocycles. The van der Waals surface area contributed by atoms with Crippen LogP contribution >= 0.6 is 11.3 Å². The zero-order valence-corrected chi connectivity index (χ0v) is 10.9. The van der Waals surface area contributed by atoms with Crippen molar-refractivity contribution in [3.63, 3.8) is 0 Å². The molecule has 0 spiro atoms. The van der Waals surface area contributed by atoms with E-state index in [1.165, 1.54) is 16.9 Å². The Kier molecular flexibility index (Phi) is 4.71. The fraction of sp³-hybridized carbons (Fsp3) is 0.357. The van der Waals surface area contributed by atoms with E-state index in [-0.39, 0.29) is 0 Å². The van der Waals surface area contributed by atoms with Crippen LogP contribution in [0.15, 0.2) is 42.0 Å². The molecular weight excluding hydrogens is 228 g/mol. The average Bonchev–Trinajstić information content (AvgIpc) is 2.88. The molecule has 0 aliphatic heterocycles. The quantitative estimate of drug-likeness (QED) is 0.847. The Hall–Kier alpha value is -1.19. The van der Waals surface area contributed by atoms with Gasteiger partial charge in [-0.2, -0.15) is 0 Å². The predicted molar refractivity (Wildman–Crippen MR) is 73.4 cm³/mol. The van der Waals surface area contributed by atoms with Crippen molar-refractivity contribution in [1.82, 2.24) is 10.3 Å². The van der Waals surface area contributed by atoms with Crippen LogP contribution in [-0.2, 0) is 12.8 Å². The molecule has 2 heterocycles. The highest BCUT2D eigenvalue weighted by Crippen LogP contribution is 2.14. The van der Waals surface area contributed by atoms with Gasteiger partial charge in [0.15, 0.2) is 0 Å². The van der Waals surface area contributed by atoms with E-state index in [4.69, 9.17) is 0 Å². The summed E-state index contributed by atoms with van der Waals surface area (Å²) in [6.45, 7) is 0. The Bertz CT molecular complexity index is 411. The molecule has 2 rings (SSSR count). The van der Waals surface area contributed by atoms with Gasteiger partial charge in [-0.15, -0.1) is 11.3 Å². The molecule has 0 radical (unpaired) electrons. The van der Waals surface area contributed by atoms with Gasteiger partial charge in [0.1, 0.15) is 0 Å². The normalized spacial score (nSPS) is 12.5. The van der Waals surface area contributed by atoms with Crippen molar-refractivity contribution in [2.24, 2.45) is 0 Å². The van der Waals surface area contributed by atoms with Crippen molar-refractivity contribution in [2.45, 2.75) is 25.3 Å². The molecule has 2 aromatic heterocycles. The third-order valence-electron chi connectivity index (χ3n) is 2.97. The lowest BCUT2D eigenvalue weighted by Crippen LogP contribution is -2.27. The highest BCUT2D eigenvalue weighted by molar-refractivity contribution is 7.09. The molecule has 0 aliphatic rings. The summed E-state index contributed by atoms with van der Waals surface area (Å²) in [5.74, 6) is 0. The Labute approximate surface area is 107 Å². The minimum absolute atomic E-state index is 0.557. The molecule has 2 nitrogen and oxygen atoms in total. The maximum Gasteiger partial charge on any atom is 0.0270 e. The first-order chi connectivity index (χ1) is 8.38. The summed E-state index contributed by atoms with van der Waals surface area (Å²) < 4.78 is 0. The molecule has 3 heteroatoms. The van der Waals surface area contributed by atoms with Crippen LogP contribution < -0.4 is 5.32 Å². The Morgan fingerprint density at radius 2 is 2.12 bits per heavy atom. The largest absolute Gasteiger partial charge is 0.317 e. The number of aromatic nitrogens is 1. The van der Waals surface area contributed by atoms with Gasteiger partial charge >= 0.3 is 0 Å². The van der Waals surface area contributed by atoms with E-state index in [0.717, 1.165) is 12.8 Å². The highest BCUT2D eigenvalue weighted by atomic mass is 32.1. The lowest BCUT2D eigenvalue weighted by atomic mass is 10.0. The first-order valence-corrected chi connectivity index (χ1v) is 6.85. The maximum atomic E-state index is 4.04. The predicted octanol–water partition coefficient (Wildman–Crippen LogP) is 2.91. The van der Waals surface area contributed by atoms with Crippen molar-refractivity contribution >= 4 is 11.3 Å². The van der Waals surface area contributed by atoms with E-state index in [1.807, 2.05) is 30.8 Å². The molecular formula is C14H18N2S. The van der Waals surface area contributed by atoms with E-state index in [9.17, 15) is 0 Å². The summed E-state index contributed by atoms with van der Waals surface area (Å²) in [5.41, 5.74) is 1.37. The maximum absolute atomic E-state index is 4.04. The van der Waals surface area contributed by atoms with Crippen LogP contribution in [0.1, 0.15) is 16.9 Å². The summed E-state index contributed by atoms with van der Waals surface area (Å²) >= 11 is 1.84. The highest BCUT2D eigenvalue weighted by Gasteiger charge is 2.08. The van der Waals surface area contributed by atoms with Gasteiger partial charge in [-0.1, -0.05) is 6.07 Å². The van der Waals surface area contributed by atoms with Gasteiger partial charge in [0.05, 0.1) is 0 Å². The van der Waals surface area contributed by atoms with Gasteiger partial charge < -0.3 is 5.32 Å². The zero-order valence-electron chi connectivity index (χ0n) is 10.1. The number of nitrogens with one attached hydrogen (secondary N) is 1. The van der Waals surface area contributed by atoms with Crippen LogP contribution in [0.25, 0.3) is 0 Å². The average molecular weight is 246 g/mol. The fourth-order valence-electron chi connectivity index (χ4n) is 1.91. The van der Waals surface area contributed by atoms with Gasteiger partial charge in [0.25, 0.3) is 0 Å². The molecule has 0 aliphatic carbocycles. The first kappa shape index (κ1) is 12.3. The second-order valence-corrected chi connectivity index (χ2v) is 5.20. The topological polar surface area (TPSA) is 24.9 Å². The summed E-state index contributed by atoms with van der Waals surface area (Å²) in [7, 11) is 2.05. The lowest BCUT2D eigenvalue weighted by molar-refractivity contribution is 0.523. The van der Waals surface area contributed by atoms with Crippen molar-refractivity contribution in [1.29, 1.82) is 0 Å². The zero-order chi connectivity index (χ0) is 11.9. The van der Waals surface area contributed by atoms with Gasteiger partial charge in [-0.05, 0) is 55.5 Å². The van der Waals surface area contributed by atoms with Gasteiger partial charge in [-0.3, -0.25) is 4.98 Å².